The maximum absolute atomic E-state index is 11.9. The van der Waals surface area contributed by atoms with Gasteiger partial charge in [-0.2, -0.15) is 0 Å². The highest BCUT2D eigenvalue weighted by Gasteiger charge is 2.18. The molecule has 0 unspecified atom stereocenters. The molecular weight excluding hydrogens is 236 g/mol. The van der Waals surface area contributed by atoms with E-state index < -0.39 is 11.5 Å². The van der Waals surface area contributed by atoms with Gasteiger partial charge in [0.2, 0.25) is 6.79 Å². The average molecular weight is 246 g/mol. The highest BCUT2D eigenvalue weighted by atomic mass is 16.7. The molecule has 2 heterocycles. The van der Waals surface area contributed by atoms with E-state index in [4.69, 9.17) is 15.2 Å². The van der Waals surface area contributed by atoms with E-state index in [1.54, 1.807) is 19.2 Å². The number of rotatable bonds is 1. The van der Waals surface area contributed by atoms with Crippen molar-refractivity contribution < 1.29 is 14.3 Å². The van der Waals surface area contributed by atoms with E-state index in [1.165, 1.54) is 10.6 Å². The molecule has 6 heteroatoms. The Morgan fingerprint density at radius 1 is 1.28 bits per heavy atom. The molecule has 2 N–H and O–H groups in total. The smallest absolute Gasteiger partial charge is 0.263 e. The van der Waals surface area contributed by atoms with Gasteiger partial charge in [-0.15, -0.1) is 0 Å². The lowest BCUT2D eigenvalue weighted by Crippen LogP contribution is -2.28. The van der Waals surface area contributed by atoms with Gasteiger partial charge in [0.25, 0.3) is 11.5 Å². The van der Waals surface area contributed by atoms with E-state index in [9.17, 15) is 9.59 Å². The molecule has 2 aromatic rings. The van der Waals surface area contributed by atoms with E-state index in [1.807, 2.05) is 0 Å². The summed E-state index contributed by atoms with van der Waals surface area (Å²) in [7, 11) is 1.58. The van der Waals surface area contributed by atoms with E-state index in [-0.39, 0.29) is 12.4 Å². The van der Waals surface area contributed by atoms with Crippen LogP contribution in [0.4, 0.5) is 0 Å². The molecular formula is C12H10N2O4. The third-order valence-electron chi connectivity index (χ3n) is 2.98. The van der Waals surface area contributed by atoms with Gasteiger partial charge in [0.05, 0.1) is 5.52 Å². The minimum atomic E-state index is -0.741. The number of aryl methyl sites for hydroxylation is 1. The topological polar surface area (TPSA) is 83.6 Å². The summed E-state index contributed by atoms with van der Waals surface area (Å²) in [5, 5.41) is 0.704. The lowest BCUT2D eigenvalue weighted by molar-refractivity contribution is 0.0998. The number of nitrogens with two attached hydrogens (primary N) is 1. The maximum atomic E-state index is 11.9. The van der Waals surface area contributed by atoms with Crippen LogP contribution >= 0.6 is 0 Å². The molecule has 0 bridgehead atoms. The van der Waals surface area contributed by atoms with E-state index in [0.29, 0.717) is 22.4 Å². The number of benzene rings is 1. The lowest BCUT2D eigenvalue weighted by atomic mass is 10.1. The summed E-state index contributed by atoms with van der Waals surface area (Å²) in [6, 6.07) is 4.91. The van der Waals surface area contributed by atoms with Crippen molar-refractivity contribution in [3.63, 3.8) is 0 Å². The highest BCUT2D eigenvalue weighted by molar-refractivity contribution is 5.96. The fraction of sp³-hybridized carbons (Fsp3) is 0.167. The van der Waals surface area contributed by atoms with Crippen LogP contribution < -0.4 is 20.8 Å². The number of carbonyl (C=O) groups excluding carboxylic acids is 1. The van der Waals surface area contributed by atoms with Crippen LogP contribution in [0.25, 0.3) is 10.9 Å². The average Bonchev–Trinajstić information content (AvgIpc) is 2.78. The third kappa shape index (κ3) is 1.35. The number of amides is 1. The van der Waals surface area contributed by atoms with Gasteiger partial charge in [0.15, 0.2) is 11.5 Å². The first-order valence-electron chi connectivity index (χ1n) is 5.31. The van der Waals surface area contributed by atoms with Crippen LogP contribution in [0.15, 0.2) is 23.0 Å². The number of primary amides is 1. The molecule has 1 aliphatic heterocycles. The molecule has 92 valence electrons. The molecule has 3 rings (SSSR count). The zero-order valence-corrected chi connectivity index (χ0v) is 9.60. The molecule has 0 saturated carbocycles. The Labute approximate surface area is 102 Å². The molecule has 18 heavy (non-hydrogen) atoms. The van der Waals surface area contributed by atoms with Crippen molar-refractivity contribution >= 4 is 16.8 Å². The predicted octanol–water partition coefficient (Wildman–Crippen LogP) is 0.366. The number of carbonyl (C=O) groups is 1. The van der Waals surface area contributed by atoms with Crippen LogP contribution in [0, 0.1) is 0 Å². The van der Waals surface area contributed by atoms with Gasteiger partial charge in [0.1, 0.15) is 5.56 Å². The first-order valence-corrected chi connectivity index (χ1v) is 5.31. The fourth-order valence-corrected chi connectivity index (χ4v) is 2.04. The Bertz CT molecular complexity index is 733. The predicted molar refractivity (Wildman–Crippen MR) is 63.8 cm³/mol. The Morgan fingerprint density at radius 2 is 1.94 bits per heavy atom. The third-order valence-corrected chi connectivity index (χ3v) is 2.98. The number of pyridine rings is 1. The molecule has 1 aromatic heterocycles. The van der Waals surface area contributed by atoms with Crippen LogP contribution in [0.2, 0.25) is 0 Å². The van der Waals surface area contributed by atoms with Crippen molar-refractivity contribution in [1.29, 1.82) is 0 Å². The lowest BCUT2D eigenvalue weighted by Gasteiger charge is -2.08. The van der Waals surface area contributed by atoms with Crippen LogP contribution in [0.5, 0.6) is 11.5 Å². The number of hydrogen-bond donors (Lipinski definition) is 1. The molecule has 0 atom stereocenters. The van der Waals surface area contributed by atoms with Gasteiger partial charge in [-0.05, 0) is 12.1 Å². The molecule has 1 amide bonds. The summed E-state index contributed by atoms with van der Waals surface area (Å²) in [6.45, 7) is 0.155. The Balaban J connectivity index is 2.41. The molecule has 0 spiro atoms. The summed E-state index contributed by atoms with van der Waals surface area (Å²) in [6.07, 6.45) is 0. The molecule has 0 fully saturated rings. The van der Waals surface area contributed by atoms with Crippen molar-refractivity contribution in [2.45, 2.75) is 0 Å². The second-order valence-electron chi connectivity index (χ2n) is 4.05. The molecule has 1 aliphatic rings. The van der Waals surface area contributed by atoms with E-state index in [0.717, 1.165) is 0 Å². The number of aromatic nitrogens is 1. The van der Waals surface area contributed by atoms with Crippen LogP contribution in [0.3, 0.4) is 0 Å². The van der Waals surface area contributed by atoms with Gasteiger partial charge in [0, 0.05) is 18.5 Å². The molecule has 0 saturated heterocycles. The monoisotopic (exact) mass is 246 g/mol. The van der Waals surface area contributed by atoms with Gasteiger partial charge >= 0.3 is 0 Å². The van der Waals surface area contributed by atoms with Crippen molar-refractivity contribution in [3.8, 4) is 11.5 Å². The highest BCUT2D eigenvalue weighted by Crippen LogP contribution is 2.35. The zero-order chi connectivity index (χ0) is 12.9. The second-order valence-corrected chi connectivity index (χ2v) is 4.05. The summed E-state index contributed by atoms with van der Waals surface area (Å²) >= 11 is 0. The summed E-state index contributed by atoms with van der Waals surface area (Å²) in [4.78, 5) is 23.1. The summed E-state index contributed by atoms with van der Waals surface area (Å²) in [5.41, 5.74) is 5.38. The number of hydrogen-bond acceptors (Lipinski definition) is 4. The Kier molecular flexibility index (Phi) is 2.07. The van der Waals surface area contributed by atoms with Gasteiger partial charge in [-0.3, -0.25) is 9.59 Å². The SMILES string of the molecule is Cn1c(=O)c(C(N)=O)cc2cc3c(cc21)OCO3. The summed E-state index contributed by atoms with van der Waals surface area (Å²) < 4.78 is 11.9. The van der Waals surface area contributed by atoms with Crippen molar-refractivity contribution in [3.05, 3.63) is 34.1 Å². The van der Waals surface area contributed by atoms with E-state index >= 15 is 0 Å². The van der Waals surface area contributed by atoms with Gasteiger partial charge < -0.3 is 19.8 Å². The van der Waals surface area contributed by atoms with Crippen molar-refractivity contribution in [1.82, 2.24) is 4.57 Å². The Hall–Kier alpha value is -2.50. The number of nitrogens with zero attached hydrogens (tertiary/aromatic N) is 1. The number of fused-ring (bicyclic) bond motifs is 2. The quantitative estimate of drug-likeness (QED) is 0.787. The Morgan fingerprint density at radius 3 is 2.61 bits per heavy atom. The molecule has 0 aliphatic carbocycles. The standard InChI is InChI=1S/C12H10N2O4/c1-14-8-4-10-9(17-5-18-10)3-6(8)2-7(11(13)15)12(14)16/h2-4H,5H2,1H3,(H2,13,15). The van der Waals surface area contributed by atoms with Crippen LogP contribution in [-0.4, -0.2) is 17.3 Å². The maximum Gasteiger partial charge on any atom is 0.263 e. The van der Waals surface area contributed by atoms with Gasteiger partial charge in [-0.1, -0.05) is 0 Å². The second kappa shape index (κ2) is 3.49. The van der Waals surface area contributed by atoms with Crippen LogP contribution in [0.1, 0.15) is 10.4 Å². The van der Waals surface area contributed by atoms with Gasteiger partial charge in [-0.25, -0.2) is 0 Å². The van der Waals surface area contributed by atoms with Crippen molar-refractivity contribution in [2.24, 2.45) is 12.8 Å². The molecule has 1 aromatic carbocycles. The summed E-state index contributed by atoms with van der Waals surface area (Å²) in [5.74, 6) is 0.441. The first-order chi connectivity index (χ1) is 8.58. The van der Waals surface area contributed by atoms with Crippen LogP contribution in [-0.2, 0) is 7.05 Å². The normalized spacial score (nSPS) is 12.9. The molecule has 6 nitrogen and oxygen atoms in total. The molecule has 0 radical (unpaired) electrons. The largest absolute Gasteiger partial charge is 0.454 e. The fourth-order valence-electron chi connectivity index (χ4n) is 2.04. The minimum absolute atomic E-state index is 0.0381. The minimum Gasteiger partial charge on any atom is -0.454 e. The zero-order valence-electron chi connectivity index (χ0n) is 9.60. The van der Waals surface area contributed by atoms with E-state index in [2.05, 4.69) is 0 Å². The first kappa shape index (κ1) is 10.6. The number of ether oxygens (including phenoxy) is 2. The van der Waals surface area contributed by atoms with Crippen molar-refractivity contribution in [2.75, 3.05) is 6.79 Å².